The van der Waals surface area contributed by atoms with Crippen LogP contribution in [0.25, 0.3) is 0 Å². The van der Waals surface area contributed by atoms with Crippen LogP contribution >= 0.6 is 0 Å². The first-order valence-electron chi connectivity index (χ1n) is 6.49. The number of rotatable bonds is 7. The molecule has 1 N–H and O–H groups in total. The smallest absolute Gasteiger partial charge is 0.305 e. The molecule has 4 heteroatoms. The van der Waals surface area contributed by atoms with Gasteiger partial charge in [-0.3, -0.25) is 4.79 Å². The highest BCUT2D eigenvalue weighted by Crippen LogP contribution is 2.14. The number of nitriles is 1. The van der Waals surface area contributed by atoms with Crippen molar-refractivity contribution >= 4 is 11.7 Å². The third-order valence-corrected chi connectivity index (χ3v) is 2.96. The van der Waals surface area contributed by atoms with Crippen LogP contribution in [-0.2, 0) is 9.53 Å². The third kappa shape index (κ3) is 5.43. The molecule has 0 aromatic heterocycles. The van der Waals surface area contributed by atoms with Gasteiger partial charge in [-0.25, -0.2) is 0 Å². The lowest BCUT2D eigenvalue weighted by atomic mass is 10.1. The van der Waals surface area contributed by atoms with E-state index in [9.17, 15) is 4.79 Å². The molecule has 0 bridgehead atoms. The van der Waals surface area contributed by atoms with Crippen molar-refractivity contribution in [3.63, 3.8) is 0 Å². The molecule has 1 aromatic rings. The van der Waals surface area contributed by atoms with Crippen molar-refractivity contribution in [2.24, 2.45) is 0 Å². The molecule has 0 aliphatic carbocycles. The highest BCUT2D eigenvalue weighted by molar-refractivity contribution is 5.68. The van der Waals surface area contributed by atoms with Gasteiger partial charge in [-0.2, -0.15) is 5.26 Å². The lowest BCUT2D eigenvalue weighted by Crippen LogP contribution is -2.03. The van der Waals surface area contributed by atoms with E-state index >= 15 is 0 Å². The van der Waals surface area contributed by atoms with Gasteiger partial charge in [-0.1, -0.05) is 6.42 Å². The Kier molecular flexibility index (Phi) is 6.45. The summed E-state index contributed by atoms with van der Waals surface area (Å²) in [7, 11) is 1.41. The van der Waals surface area contributed by atoms with Crippen LogP contribution in [-0.4, -0.2) is 19.6 Å². The molecule has 102 valence electrons. The molecule has 0 unspecified atom stereocenters. The van der Waals surface area contributed by atoms with Gasteiger partial charge in [0.25, 0.3) is 0 Å². The van der Waals surface area contributed by atoms with Crippen LogP contribution in [0.2, 0.25) is 0 Å². The van der Waals surface area contributed by atoms with Crippen molar-refractivity contribution in [2.75, 3.05) is 19.0 Å². The van der Waals surface area contributed by atoms with Crippen LogP contribution < -0.4 is 5.32 Å². The zero-order valence-corrected chi connectivity index (χ0v) is 11.5. The van der Waals surface area contributed by atoms with Gasteiger partial charge in [0.15, 0.2) is 0 Å². The second kappa shape index (κ2) is 8.15. The number of methoxy groups -OCH3 is 1. The van der Waals surface area contributed by atoms with Crippen molar-refractivity contribution in [3.05, 3.63) is 29.3 Å². The quantitative estimate of drug-likeness (QED) is 0.604. The number of nitrogens with zero attached hydrogens (tertiary/aromatic N) is 1. The molecule has 1 rings (SSSR count). The largest absolute Gasteiger partial charge is 0.469 e. The summed E-state index contributed by atoms with van der Waals surface area (Å²) in [4.78, 5) is 10.9. The minimum absolute atomic E-state index is 0.143. The summed E-state index contributed by atoms with van der Waals surface area (Å²) in [6, 6.07) is 7.88. The summed E-state index contributed by atoms with van der Waals surface area (Å²) in [5.41, 5.74) is 2.73. The first-order valence-corrected chi connectivity index (χ1v) is 6.49. The molecule has 0 saturated carbocycles. The van der Waals surface area contributed by atoms with Crippen molar-refractivity contribution in [3.8, 4) is 6.07 Å². The van der Waals surface area contributed by atoms with E-state index in [1.165, 1.54) is 7.11 Å². The molecule has 0 radical (unpaired) electrons. The Hall–Kier alpha value is -2.02. The molecule has 4 nitrogen and oxygen atoms in total. The van der Waals surface area contributed by atoms with Crippen LogP contribution in [0.1, 0.15) is 36.8 Å². The van der Waals surface area contributed by atoms with E-state index in [1.807, 2.05) is 25.1 Å². The van der Waals surface area contributed by atoms with Gasteiger partial charge in [0.1, 0.15) is 0 Å². The molecular weight excluding hydrogens is 240 g/mol. The van der Waals surface area contributed by atoms with Gasteiger partial charge in [0.2, 0.25) is 0 Å². The van der Waals surface area contributed by atoms with Crippen LogP contribution in [0.5, 0.6) is 0 Å². The van der Waals surface area contributed by atoms with Crippen molar-refractivity contribution in [1.82, 2.24) is 0 Å². The molecule has 0 saturated heterocycles. The lowest BCUT2D eigenvalue weighted by Gasteiger charge is -2.07. The first-order chi connectivity index (χ1) is 9.17. The molecular formula is C15H20N2O2. The van der Waals surface area contributed by atoms with E-state index in [1.54, 1.807) is 0 Å². The zero-order chi connectivity index (χ0) is 14.1. The Morgan fingerprint density at radius 2 is 2.16 bits per heavy atom. The van der Waals surface area contributed by atoms with Crippen LogP contribution in [0, 0.1) is 18.3 Å². The SMILES string of the molecule is COC(=O)CCCCCNc1ccc(C#N)c(C)c1. The zero-order valence-electron chi connectivity index (χ0n) is 11.5. The molecule has 0 spiro atoms. The Labute approximate surface area is 114 Å². The second-order valence-electron chi connectivity index (χ2n) is 4.46. The molecule has 0 fully saturated rings. The highest BCUT2D eigenvalue weighted by atomic mass is 16.5. The summed E-state index contributed by atoms with van der Waals surface area (Å²) in [5, 5.41) is 12.2. The van der Waals surface area contributed by atoms with Gasteiger partial charge in [-0.05, 0) is 43.5 Å². The fourth-order valence-electron chi connectivity index (χ4n) is 1.80. The summed E-state index contributed by atoms with van der Waals surface area (Å²) < 4.78 is 4.58. The average Bonchev–Trinajstić information content (AvgIpc) is 2.42. The Morgan fingerprint density at radius 3 is 2.79 bits per heavy atom. The number of hydrogen-bond acceptors (Lipinski definition) is 4. The van der Waals surface area contributed by atoms with Crippen molar-refractivity contribution < 1.29 is 9.53 Å². The number of carbonyl (C=O) groups is 1. The Bertz CT molecular complexity index is 464. The van der Waals surface area contributed by atoms with E-state index in [0.29, 0.717) is 12.0 Å². The predicted molar refractivity (Wildman–Crippen MR) is 74.9 cm³/mol. The molecule has 1 aromatic carbocycles. The number of anilines is 1. The Morgan fingerprint density at radius 1 is 1.37 bits per heavy atom. The second-order valence-corrected chi connectivity index (χ2v) is 4.46. The van der Waals surface area contributed by atoms with E-state index in [0.717, 1.165) is 37.1 Å². The van der Waals surface area contributed by atoms with E-state index < -0.39 is 0 Å². The third-order valence-electron chi connectivity index (χ3n) is 2.96. The van der Waals surface area contributed by atoms with Crippen LogP contribution in [0.4, 0.5) is 5.69 Å². The summed E-state index contributed by atoms with van der Waals surface area (Å²) in [6.07, 6.45) is 3.36. The minimum atomic E-state index is -0.143. The number of ether oxygens (including phenoxy) is 1. The highest BCUT2D eigenvalue weighted by Gasteiger charge is 2.00. The number of carbonyl (C=O) groups excluding carboxylic acids is 1. The molecule has 0 atom stereocenters. The minimum Gasteiger partial charge on any atom is -0.469 e. The van der Waals surface area contributed by atoms with Gasteiger partial charge in [-0.15, -0.1) is 0 Å². The van der Waals surface area contributed by atoms with Gasteiger partial charge < -0.3 is 10.1 Å². The van der Waals surface area contributed by atoms with Crippen LogP contribution in [0.15, 0.2) is 18.2 Å². The monoisotopic (exact) mass is 260 g/mol. The fourth-order valence-corrected chi connectivity index (χ4v) is 1.80. The predicted octanol–water partition coefficient (Wildman–Crippen LogP) is 3.01. The number of esters is 1. The van der Waals surface area contributed by atoms with Gasteiger partial charge in [0.05, 0.1) is 18.7 Å². The molecule has 0 aliphatic rings. The average molecular weight is 260 g/mol. The number of hydrogen-bond donors (Lipinski definition) is 1. The lowest BCUT2D eigenvalue weighted by molar-refractivity contribution is -0.140. The maximum absolute atomic E-state index is 10.9. The number of unbranched alkanes of at least 4 members (excludes halogenated alkanes) is 2. The molecule has 19 heavy (non-hydrogen) atoms. The molecule has 0 amide bonds. The van der Waals surface area contributed by atoms with Crippen molar-refractivity contribution in [1.29, 1.82) is 5.26 Å². The number of aryl methyl sites for hydroxylation is 1. The van der Waals surface area contributed by atoms with Gasteiger partial charge >= 0.3 is 5.97 Å². The van der Waals surface area contributed by atoms with Crippen LogP contribution in [0.3, 0.4) is 0 Å². The topological polar surface area (TPSA) is 62.1 Å². The molecule has 0 heterocycles. The maximum Gasteiger partial charge on any atom is 0.305 e. The van der Waals surface area contributed by atoms with Crippen molar-refractivity contribution in [2.45, 2.75) is 32.6 Å². The Balaban J connectivity index is 2.21. The summed E-state index contributed by atoms with van der Waals surface area (Å²) in [5.74, 6) is -0.143. The van der Waals surface area contributed by atoms with E-state index in [2.05, 4.69) is 16.1 Å². The number of benzene rings is 1. The summed E-state index contributed by atoms with van der Waals surface area (Å²) >= 11 is 0. The normalized spacial score (nSPS) is 9.74. The standard InChI is InChI=1S/C15H20N2O2/c1-12-10-14(8-7-13(12)11-16)17-9-5-3-4-6-15(18)19-2/h7-8,10,17H,3-6,9H2,1-2H3. The maximum atomic E-state index is 10.9. The van der Waals surface area contributed by atoms with E-state index in [-0.39, 0.29) is 5.97 Å². The van der Waals surface area contributed by atoms with E-state index in [4.69, 9.17) is 5.26 Å². The fraction of sp³-hybridized carbons (Fsp3) is 0.467. The van der Waals surface area contributed by atoms with Gasteiger partial charge in [0, 0.05) is 18.7 Å². The first kappa shape index (κ1) is 15.0. The summed E-state index contributed by atoms with van der Waals surface area (Å²) in [6.45, 7) is 2.80. The molecule has 0 aliphatic heterocycles. The number of nitrogens with one attached hydrogen (secondary N) is 1.